The standard InChI is InChI=1S/C55H35N5O2/c1-3-15-36(16-4-1)50-51(37-17-5-2-6-18-37)57-55-54(56-50)58-52(38-29-27-35(28-30-38)49-41-19-7-11-23-45(41)61-46-24-12-8-20-42(46)49)53(59-55)39-31-33-40(34-32-39)60-43-21-9-13-25-47(43)62-48-26-14-10-22-44(48)60/h1-34,49H. The van der Waals surface area contributed by atoms with Crippen LogP contribution in [-0.2, 0) is 0 Å². The van der Waals surface area contributed by atoms with Crippen LogP contribution in [0.2, 0.25) is 0 Å². The average Bonchev–Trinajstić information content (AvgIpc) is 3.35. The van der Waals surface area contributed by atoms with Crippen LogP contribution in [0.1, 0.15) is 22.6 Å². The number of rotatable bonds is 6. The Morgan fingerprint density at radius 3 is 1.15 bits per heavy atom. The number of anilines is 3. The lowest BCUT2D eigenvalue weighted by Crippen LogP contribution is -2.15. The molecule has 7 nitrogen and oxygen atoms in total. The lowest BCUT2D eigenvalue weighted by Gasteiger charge is -2.32. The molecule has 0 aliphatic carbocycles. The van der Waals surface area contributed by atoms with Crippen molar-refractivity contribution in [1.29, 1.82) is 0 Å². The first-order chi connectivity index (χ1) is 30.7. The van der Waals surface area contributed by atoms with E-state index in [2.05, 4.69) is 114 Å². The fraction of sp³-hybridized carbons (Fsp3) is 0.0182. The van der Waals surface area contributed by atoms with Crippen molar-refractivity contribution < 1.29 is 9.47 Å². The maximum absolute atomic E-state index is 6.35. The highest BCUT2D eigenvalue weighted by Gasteiger charge is 2.29. The first-order valence-corrected chi connectivity index (χ1v) is 20.7. The summed E-state index contributed by atoms with van der Waals surface area (Å²) in [6.07, 6.45) is 0. The van der Waals surface area contributed by atoms with Crippen molar-refractivity contribution in [2.75, 3.05) is 4.90 Å². The van der Waals surface area contributed by atoms with Crippen LogP contribution in [0.4, 0.5) is 17.1 Å². The summed E-state index contributed by atoms with van der Waals surface area (Å²) in [5.74, 6) is 3.36. The van der Waals surface area contributed by atoms with Gasteiger partial charge >= 0.3 is 0 Å². The molecule has 0 fully saturated rings. The second-order valence-corrected chi connectivity index (χ2v) is 15.4. The van der Waals surface area contributed by atoms with E-state index < -0.39 is 0 Å². The van der Waals surface area contributed by atoms with E-state index in [9.17, 15) is 0 Å². The minimum absolute atomic E-state index is 0.00561. The largest absolute Gasteiger partial charge is 0.457 e. The number of nitrogens with zero attached hydrogens (tertiary/aromatic N) is 5. The fourth-order valence-corrected chi connectivity index (χ4v) is 8.74. The maximum atomic E-state index is 6.35. The minimum Gasteiger partial charge on any atom is -0.457 e. The molecule has 0 bridgehead atoms. The summed E-state index contributed by atoms with van der Waals surface area (Å²) in [5, 5.41) is 0. The number of ether oxygens (including phenoxy) is 2. The molecule has 2 aliphatic heterocycles. The Morgan fingerprint density at radius 1 is 0.323 bits per heavy atom. The minimum atomic E-state index is 0.00561. The van der Waals surface area contributed by atoms with Crippen LogP contribution >= 0.6 is 0 Å². The lowest BCUT2D eigenvalue weighted by atomic mass is 9.82. The van der Waals surface area contributed by atoms with Crippen LogP contribution in [0, 0.1) is 0 Å². The molecule has 0 spiro atoms. The highest BCUT2D eigenvalue weighted by Crippen LogP contribution is 2.51. The van der Waals surface area contributed by atoms with Gasteiger partial charge < -0.3 is 14.4 Å². The number of fused-ring (bicyclic) bond motifs is 5. The number of hydrogen-bond acceptors (Lipinski definition) is 7. The van der Waals surface area contributed by atoms with E-state index in [1.54, 1.807) is 0 Å². The summed E-state index contributed by atoms with van der Waals surface area (Å²) in [5.41, 5.74) is 13.9. The maximum Gasteiger partial charge on any atom is 0.199 e. The highest BCUT2D eigenvalue weighted by atomic mass is 16.5. The third-order valence-electron chi connectivity index (χ3n) is 11.6. The molecule has 0 radical (unpaired) electrons. The van der Waals surface area contributed by atoms with Gasteiger partial charge in [0.1, 0.15) is 11.5 Å². The van der Waals surface area contributed by atoms with Gasteiger partial charge in [0.05, 0.1) is 34.2 Å². The molecule has 0 atom stereocenters. The Bertz CT molecular complexity index is 2990. The fourth-order valence-electron chi connectivity index (χ4n) is 8.74. The smallest absolute Gasteiger partial charge is 0.199 e. The van der Waals surface area contributed by atoms with Gasteiger partial charge in [0, 0.05) is 45.0 Å². The monoisotopic (exact) mass is 797 g/mol. The van der Waals surface area contributed by atoms with Gasteiger partial charge in [-0.2, -0.15) is 0 Å². The molecule has 0 N–H and O–H groups in total. The summed E-state index contributed by atoms with van der Waals surface area (Å²) in [6, 6.07) is 70.3. The van der Waals surface area contributed by atoms with E-state index in [0.29, 0.717) is 22.7 Å². The zero-order chi connectivity index (χ0) is 41.0. The molecular formula is C55H35N5O2. The number of benzene rings is 8. The number of hydrogen-bond donors (Lipinski definition) is 0. The highest BCUT2D eigenvalue weighted by molar-refractivity contribution is 5.90. The summed E-state index contributed by atoms with van der Waals surface area (Å²) in [4.78, 5) is 23.4. The van der Waals surface area contributed by atoms with Gasteiger partial charge in [-0.25, -0.2) is 19.9 Å². The summed E-state index contributed by atoms with van der Waals surface area (Å²) >= 11 is 0. The van der Waals surface area contributed by atoms with E-state index in [-0.39, 0.29) is 5.92 Å². The van der Waals surface area contributed by atoms with Crippen molar-refractivity contribution >= 4 is 28.4 Å². The van der Waals surface area contributed by atoms with Crippen LogP contribution in [-0.4, -0.2) is 19.9 Å². The van der Waals surface area contributed by atoms with E-state index in [0.717, 1.165) is 90.4 Å². The van der Waals surface area contributed by atoms with Gasteiger partial charge in [0.25, 0.3) is 0 Å². The van der Waals surface area contributed by atoms with Crippen molar-refractivity contribution in [2.45, 2.75) is 5.92 Å². The van der Waals surface area contributed by atoms with Gasteiger partial charge in [-0.3, -0.25) is 0 Å². The lowest BCUT2D eigenvalue weighted by molar-refractivity contribution is 0.453. The van der Waals surface area contributed by atoms with Gasteiger partial charge in [0.15, 0.2) is 22.8 Å². The molecule has 8 aromatic carbocycles. The van der Waals surface area contributed by atoms with Crippen LogP contribution in [0.5, 0.6) is 23.0 Å². The molecule has 0 saturated carbocycles. The van der Waals surface area contributed by atoms with E-state index in [4.69, 9.17) is 29.4 Å². The molecular weight excluding hydrogens is 763 g/mol. The normalized spacial score (nSPS) is 12.7. The molecule has 0 unspecified atom stereocenters. The van der Waals surface area contributed by atoms with Crippen LogP contribution in [0.3, 0.4) is 0 Å². The molecule has 62 heavy (non-hydrogen) atoms. The predicted molar refractivity (Wildman–Crippen MR) is 246 cm³/mol. The van der Waals surface area contributed by atoms with E-state index in [1.165, 1.54) is 0 Å². The van der Waals surface area contributed by atoms with Crippen molar-refractivity contribution in [3.63, 3.8) is 0 Å². The first-order valence-electron chi connectivity index (χ1n) is 20.7. The Kier molecular flexibility index (Phi) is 8.42. The predicted octanol–water partition coefficient (Wildman–Crippen LogP) is 13.9. The zero-order valence-electron chi connectivity index (χ0n) is 33.3. The molecule has 0 saturated heterocycles. The first kappa shape index (κ1) is 35.5. The Balaban J connectivity index is 1.02. The van der Waals surface area contributed by atoms with Gasteiger partial charge in [-0.05, 0) is 54.1 Å². The Hall–Kier alpha value is -8.42. The molecule has 0 amide bonds. The molecule has 2 aromatic heterocycles. The Labute approximate surface area is 358 Å². The van der Waals surface area contributed by atoms with Crippen molar-refractivity contribution in [3.8, 4) is 68.0 Å². The van der Waals surface area contributed by atoms with Crippen LogP contribution < -0.4 is 14.4 Å². The summed E-state index contributed by atoms with van der Waals surface area (Å²) in [7, 11) is 0. The topological polar surface area (TPSA) is 73.3 Å². The van der Waals surface area contributed by atoms with E-state index >= 15 is 0 Å². The SMILES string of the molecule is c1ccc(-c2nc3nc(-c4ccc(C5c6ccccc6Oc6ccccc65)cc4)c(-c4ccc(N5c6ccccc6Oc6ccccc65)cc4)nc3nc2-c2ccccc2)cc1. The van der Waals surface area contributed by atoms with Crippen LogP contribution in [0.15, 0.2) is 206 Å². The molecule has 292 valence electrons. The molecule has 2 aliphatic rings. The summed E-state index contributed by atoms with van der Waals surface area (Å²) < 4.78 is 12.7. The third-order valence-corrected chi connectivity index (χ3v) is 11.6. The average molecular weight is 798 g/mol. The molecule has 7 heteroatoms. The zero-order valence-corrected chi connectivity index (χ0v) is 33.3. The van der Waals surface area contributed by atoms with Gasteiger partial charge in [-0.15, -0.1) is 0 Å². The van der Waals surface area contributed by atoms with Gasteiger partial charge in [-0.1, -0.05) is 158 Å². The number of para-hydroxylation sites is 6. The van der Waals surface area contributed by atoms with Crippen LogP contribution in [0.25, 0.3) is 56.3 Å². The number of aromatic nitrogens is 4. The van der Waals surface area contributed by atoms with E-state index in [1.807, 2.05) is 97.1 Å². The molecule has 12 rings (SSSR count). The van der Waals surface area contributed by atoms with Crippen molar-refractivity contribution in [2.24, 2.45) is 0 Å². The quantitative estimate of drug-likeness (QED) is 0.166. The molecule has 10 aromatic rings. The third kappa shape index (κ3) is 6.06. The second kappa shape index (κ2) is 14.7. The Morgan fingerprint density at radius 2 is 0.677 bits per heavy atom. The van der Waals surface area contributed by atoms with Crippen molar-refractivity contribution in [3.05, 3.63) is 223 Å². The summed E-state index contributed by atoms with van der Waals surface area (Å²) in [6.45, 7) is 0. The molecule has 4 heterocycles. The van der Waals surface area contributed by atoms with Crippen molar-refractivity contribution in [1.82, 2.24) is 19.9 Å². The second-order valence-electron chi connectivity index (χ2n) is 15.4. The van der Waals surface area contributed by atoms with Gasteiger partial charge in [0.2, 0.25) is 0 Å².